The Morgan fingerprint density at radius 1 is 1.11 bits per heavy atom. The summed E-state index contributed by atoms with van der Waals surface area (Å²) in [6.45, 7) is 8.30. The standard InChI is InChI=1S/C16H25BrO2/c1-5-6-15(18)16(19)9-12(4)13-7-10(2)11(3)8-14(13)17/h7-8,12,15-16,18-19H,5-6,9H2,1-4H3. The van der Waals surface area contributed by atoms with E-state index in [0.29, 0.717) is 12.8 Å². The first-order valence-electron chi connectivity index (χ1n) is 6.99. The van der Waals surface area contributed by atoms with Gasteiger partial charge in [0.25, 0.3) is 0 Å². The van der Waals surface area contributed by atoms with Crippen LogP contribution in [-0.4, -0.2) is 22.4 Å². The lowest BCUT2D eigenvalue weighted by atomic mass is 9.90. The molecule has 108 valence electrons. The number of rotatable bonds is 6. The molecular formula is C16H25BrO2. The summed E-state index contributed by atoms with van der Waals surface area (Å²) in [5.74, 6) is 0.218. The van der Waals surface area contributed by atoms with Crippen molar-refractivity contribution in [3.05, 3.63) is 33.3 Å². The number of hydrogen-bond donors (Lipinski definition) is 2. The van der Waals surface area contributed by atoms with Crippen molar-refractivity contribution in [1.82, 2.24) is 0 Å². The third kappa shape index (κ3) is 4.59. The average molecular weight is 329 g/mol. The fourth-order valence-corrected chi connectivity index (χ4v) is 3.16. The first-order valence-corrected chi connectivity index (χ1v) is 7.78. The van der Waals surface area contributed by atoms with Crippen molar-refractivity contribution < 1.29 is 10.2 Å². The van der Waals surface area contributed by atoms with E-state index in [9.17, 15) is 10.2 Å². The number of aryl methyl sites for hydroxylation is 2. The van der Waals surface area contributed by atoms with Gasteiger partial charge < -0.3 is 10.2 Å². The van der Waals surface area contributed by atoms with E-state index in [1.807, 2.05) is 6.92 Å². The summed E-state index contributed by atoms with van der Waals surface area (Å²) in [4.78, 5) is 0. The SMILES string of the molecule is CCCC(O)C(O)CC(C)c1cc(C)c(C)cc1Br. The van der Waals surface area contributed by atoms with Crippen molar-refractivity contribution in [3.63, 3.8) is 0 Å². The van der Waals surface area contributed by atoms with Crippen LogP contribution in [0.1, 0.15) is 55.7 Å². The Balaban J connectivity index is 2.78. The fraction of sp³-hybridized carbons (Fsp3) is 0.625. The Hall–Kier alpha value is -0.380. The average Bonchev–Trinajstić information content (AvgIpc) is 2.33. The van der Waals surface area contributed by atoms with Gasteiger partial charge in [0, 0.05) is 4.47 Å². The van der Waals surface area contributed by atoms with Crippen LogP contribution in [0.3, 0.4) is 0 Å². The second-order valence-corrected chi connectivity index (χ2v) is 6.37. The van der Waals surface area contributed by atoms with Crippen molar-refractivity contribution in [3.8, 4) is 0 Å². The highest BCUT2D eigenvalue weighted by Crippen LogP contribution is 2.31. The lowest BCUT2D eigenvalue weighted by Crippen LogP contribution is -2.27. The first-order chi connectivity index (χ1) is 8.86. The van der Waals surface area contributed by atoms with E-state index in [4.69, 9.17) is 0 Å². The van der Waals surface area contributed by atoms with E-state index >= 15 is 0 Å². The van der Waals surface area contributed by atoms with Gasteiger partial charge in [0.05, 0.1) is 12.2 Å². The largest absolute Gasteiger partial charge is 0.390 e. The molecule has 3 atom stereocenters. The zero-order valence-corrected chi connectivity index (χ0v) is 13.9. The van der Waals surface area contributed by atoms with Gasteiger partial charge in [-0.3, -0.25) is 0 Å². The summed E-state index contributed by atoms with van der Waals surface area (Å²) in [5.41, 5.74) is 3.72. The molecule has 0 spiro atoms. The van der Waals surface area contributed by atoms with Gasteiger partial charge in [0.2, 0.25) is 0 Å². The molecule has 1 rings (SSSR count). The smallest absolute Gasteiger partial charge is 0.0804 e. The van der Waals surface area contributed by atoms with Crippen LogP contribution in [0.5, 0.6) is 0 Å². The maximum Gasteiger partial charge on any atom is 0.0804 e. The van der Waals surface area contributed by atoms with Crippen molar-refractivity contribution in [2.24, 2.45) is 0 Å². The summed E-state index contributed by atoms with van der Waals surface area (Å²) in [6, 6.07) is 4.29. The number of benzene rings is 1. The van der Waals surface area contributed by atoms with Crippen LogP contribution >= 0.6 is 15.9 Å². The molecule has 0 bridgehead atoms. The zero-order chi connectivity index (χ0) is 14.6. The topological polar surface area (TPSA) is 40.5 Å². The molecular weight excluding hydrogens is 304 g/mol. The Morgan fingerprint density at radius 3 is 2.26 bits per heavy atom. The van der Waals surface area contributed by atoms with Crippen molar-refractivity contribution >= 4 is 15.9 Å². The molecule has 2 nitrogen and oxygen atoms in total. The molecule has 2 N–H and O–H groups in total. The van der Waals surface area contributed by atoms with Gasteiger partial charge in [-0.05, 0) is 55.4 Å². The van der Waals surface area contributed by atoms with E-state index in [1.165, 1.54) is 16.7 Å². The minimum absolute atomic E-state index is 0.218. The van der Waals surface area contributed by atoms with Gasteiger partial charge >= 0.3 is 0 Å². The molecule has 0 aliphatic carbocycles. The van der Waals surface area contributed by atoms with E-state index in [0.717, 1.165) is 10.9 Å². The quantitative estimate of drug-likeness (QED) is 0.825. The molecule has 3 unspecified atom stereocenters. The molecule has 0 amide bonds. The van der Waals surface area contributed by atoms with Gasteiger partial charge in [0.1, 0.15) is 0 Å². The normalized spacial score (nSPS) is 16.2. The van der Waals surface area contributed by atoms with Gasteiger partial charge in [-0.15, -0.1) is 0 Å². The maximum absolute atomic E-state index is 10.0. The fourth-order valence-electron chi connectivity index (χ4n) is 2.32. The maximum atomic E-state index is 10.0. The molecule has 0 aromatic heterocycles. The van der Waals surface area contributed by atoms with Crippen LogP contribution in [0, 0.1) is 13.8 Å². The molecule has 0 fully saturated rings. The summed E-state index contributed by atoms with van der Waals surface area (Å²) in [5, 5.41) is 19.8. The van der Waals surface area contributed by atoms with Gasteiger partial charge in [-0.2, -0.15) is 0 Å². The van der Waals surface area contributed by atoms with Crippen LogP contribution in [0.4, 0.5) is 0 Å². The summed E-state index contributed by atoms with van der Waals surface area (Å²) < 4.78 is 1.08. The highest BCUT2D eigenvalue weighted by molar-refractivity contribution is 9.10. The van der Waals surface area contributed by atoms with Crippen LogP contribution in [0.15, 0.2) is 16.6 Å². The minimum atomic E-state index is -0.650. The second-order valence-electron chi connectivity index (χ2n) is 5.52. The molecule has 0 saturated carbocycles. The third-order valence-electron chi connectivity index (χ3n) is 3.77. The molecule has 3 heteroatoms. The Labute approximate surface area is 125 Å². The monoisotopic (exact) mass is 328 g/mol. The van der Waals surface area contributed by atoms with Gasteiger partial charge in [-0.25, -0.2) is 0 Å². The van der Waals surface area contributed by atoms with Crippen molar-refractivity contribution in [2.45, 2.75) is 65.1 Å². The Kier molecular flexibility index (Phi) is 6.51. The highest BCUT2D eigenvalue weighted by atomic mass is 79.9. The molecule has 0 aliphatic heterocycles. The summed E-state index contributed by atoms with van der Waals surface area (Å²) in [6.07, 6.45) is 0.866. The van der Waals surface area contributed by atoms with E-state index in [2.05, 4.69) is 48.8 Å². The van der Waals surface area contributed by atoms with E-state index < -0.39 is 12.2 Å². The molecule has 0 aliphatic rings. The Bertz CT molecular complexity index is 417. The predicted molar refractivity (Wildman–Crippen MR) is 83.6 cm³/mol. The number of hydrogen-bond acceptors (Lipinski definition) is 2. The lowest BCUT2D eigenvalue weighted by molar-refractivity contribution is 0.00634. The summed E-state index contributed by atoms with van der Waals surface area (Å²) in [7, 11) is 0. The van der Waals surface area contributed by atoms with Crippen LogP contribution in [0.2, 0.25) is 0 Å². The lowest BCUT2D eigenvalue weighted by Gasteiger charge is -2.22. The highest BCUT2D eigenvalue weighted by Gasteiger charge is 2.20. The molecule has 0 radical (unpaired) electrons. The van der Waals surface area contributed by atoms with Crippen LogP contribution in [-0.2, 0) is 0 Å². The van der Waals surface area contributed by atoms with Crippen LogP contribution < -0.4 is 0 Å². The molecule has 1 aromatic carbocycles. The summed E-state index contributed by atoms with van der Waals surface area (Å²) >= 11 is 3.60. The zero-order valence-electron chi connectivity index (χ0n) is 12.3. The molecule has 19 heavy (non-hydrogen) atoms. The second kappa shape index (κ2) is 7.41. The molecule has 0 heterocycles. The van der Waals surface area contributed by atoms with Gasteiger partial charge in [0.15, 0.2) is 0 Å². The van der Waals surface area contributed by atoms with E-state index in [1.54, 1.807) is 0 Å². The minimum Gasteiger partial charge on any atom is -0.390 e. The number of aliphatic hydroxyl groups is 2. The predicted octanol–water partition coefficient (Wildman–Crippen LogP) is 4.08. The van der Waals surface area contributed by atoms with Crippen molar-refractivity contribution in [1.29, 1.82) is 0 Å². The first kappa shape index (κ1) is 16.7. The number of aliphatic hydroxyl groups excluding tert-OH is 2. The van der Waals surface area contributed by atoms with Crippen molar-refractivity contribution in [2.75, 3.05) is 0 Å². The molecule has 0 saturated heterocycles. The van der Waals surface area contributed by atoms with Gasteiger partial charge in [-0.1, -0.05) is 42.3 Å². The van der Waals surface area contributed by atoms with Crippen LogP contribution in [0.25, 0.3) is 0 Å². The third-order valence-corrected chi connectivity index (χ3v) is 4.45. The molecule has 1 aromatic rings. The van der Waals surface area contributed by atoms with E-state index in [-0.39, 0.29) is 5.92 Å². The number of halogens is 1. The Morgan fingerprint density at radius 2 is 1.68 bits per heavy atom.